The molecular formula is C8H17N3O2. The molecule has 1 amide bonds. The van der Waals surface area contributed by atoms with Crippen molar-refractivity contribution in [2.45, 2.75) is 26.2 Å². The van der Waals surface area contributed by atoms with E-state index < -0.39 is 6.09 Å². The lowest BCUT2D eigenvalue weighted by Crippen LogP contribution is -2.53. The number of hydrazine groups is 2. The molecular weight excluding hydrogens is 170 g/mol. The predicted octanol–water partition coefficient (Wildman–Crippen LogP) is 0.719. The molecule has 0 aromatic heterocycles. The molecule has 0 radical (unpaired) electrons. The summed E-state index contributed by atoms with van der Waals surface area (Å²) in [4.78, 5) is 11.2. The van der Waals surface area contributed by atoms with Crippen molar-refractivity contribution in [2.24, 2.45) is 5.84 Å². The number of piperidine rings is 1. The highest BCUT2D eigenvalue weighted by molar-refractivity contribution is 5.66. The molecule has 1 fully saturated rings. The first kappa shape index (κ1) is 10.3. The Morgan fingerprint density at radius 1 is 1.46 bits per heavy atom. The van der Waals surface area contributed by atoms with E-state index in [1.165, 1.54) is 6.42 Å². The average molecular weight is 187 g/mol. The van der Waals surface area contributed by atoms with Gasteiger partial charge in [0.25, 0.3) is 0 Å². The number of nitrogens with two attached hydrogens (primary N) is 1. The third kappa shape index (κ3) is 2.86. The fourth-order valence-corrected chi connectivity index (χ4v) is 1.40. The zero-order valence-electron chi connectivity index (χ0n) is 8.03. The third-order valence-electron chi connectivity index (χ3n) is 2.09. The van der Waals surface area contributed by atoms with E-state index in [-0.39, 0.29) is 0 Å². The van der Waals surface area contributed by atoms with E-state index in [1.807, 2.05) is 5.01 Å². The molecule has 1 aliphatic heterocycles. The fraction of sp³-hybridized carbons (Fsp3) is 0.875. The van der Waals surface area contributed by atoms with Crippen molar-refractivity contribution in [3.05, 3.63) is 0 Å². The number of amides is 1. The molecule has 1 rings (SSSR count). The number of hydrogen-bond acceptors (Lipinski definition) is 4. The van der Waals surface area contributed by atoms with Gasteiger partial charge < -0.3 is 4.74 Å². The SMILES string of the molecule is CCOC(=O)N(N)N1CCCCC1. The van der Waals surface area contributed by atoms with E-state index in [1.54, 1.807) is 6.92 Å². The Morgan fingerprint density at radius 3 is 2.62 bits per heavy atom. The molecule has 2 N–H and O–H groups in total. The van der Waals surface area contributed by atoms with E-state index in [4.69, 9.17) is 10.6 Å². The number of ether oxygens (including phenoxy) is 1. The number of carbonyl (C=O) groups excluding carboxylic acids is 1. The van der Waals surface area contributed by atoms with Crippen molar-refractivity contribution in [3.8, 4) is 0 Å². The average Bonchev–Trinajstić information content (AvgIpc) is 2.18. The highest BCUT2D eigenvalue weighted by Gasteiger charge is 2.20. The Morgan fingerprint density at radius 2 is 2.08 bits per heavy atom. The summed E-state index contributed by atoms with van der Waals surface area (Å²) in [5.41, 5.74) is 0. The number of hydrogen-bond donors (Lipinski definition) is 1. The van der Waals surface area contributed by atoms with Crippen molar-refractivity contribution in [1.29, 1.82) is 0 Å². The molecule has 0 bridgehead atoms. The van der Waals surface area contributed by atoms with Gasteiger partial charge in [-0.2, -0.15) is 5.12 Å². The smallest absolute Gasteiger partial charge is 0.439 e. The van der Waals surface area contributed by atoms with Crippen molar-refractivity contribution >= 4 is 6.09 Å². The Hall–Kier alpha value is -0.810. The van der Waals surface area contributed by atoms with Gasteiger partial charge in [-0.05, 0) is 19.8 Å². The second-order valence-corrected chi connectivity index (χ2v) is 3.06. The molecule has 1 saturated heterocycles. The lowest BCUT2D eigenvalue weighted by molar-refractivity contribution is -0.0340. The minimum atomic E-state index is -0.468. The highest BCUT2D eigenvalue weighted by atomic mass is 16.6. The van der Waals surface area contributed by atoms with Crippen molar-refractivity contribution in [2.75, 3.05) is 19.7 Å². The van der Waals surface area contributed by atoms with Crippen LogP contribution in [-0.4, -0.2) is 35.9 Å². The summed E-state index contributed by atoms with van der Waals surface area (Å²) < 4.78 is 4.78. The lowest BCUT2D eigenvalue weighted by atomic mass is 10.2. The standard InChI is InChI=1S/C8H17N3O2/c1-2-13-8(12)11(9)10-6-4-3-5-7-10/h2-7,9H2,1H3. The van der Waals surface area contributed by atoms with E-state index in [9.17, 15) is 4.79 Å². The normalized spacial score (nSPS) is 18.3. The van der Waals surface area contributed by atoms with Crippen molar-refractivity contribution in [1.82, 2.24) is 10.1 Å². The summed E-state index contributed by atoms with van der Waals surface area (Å²) in [6.07, 6.45) is 2.93. The van der Waals surface area contributed by atoms with E-state index in [2.05, 4.69) is 0 Å². The number of nitrogens with zero attached hydrogens (tertiary/aromatic N) is 2. The third-order valence-corrected chi connectivity index (χ3v) is 2.09. The second kappa shape index (κ2) is 5.04. The van der Waals surface area contributed by atoms with Crippen LogP contribution in [0.25, 0.3) is 0 Å². The maximum atomic E-state index is 11.2. The highest BCUT2D eigenvalue weighted by Crippen LogP contribution is 2.09. The van der Waals surface area contributed by atoms with Gasteiger partial charge in [-0.15, -0.1) is 0 Å². The lowest BCUT2D eigenvalue weighted by Gasteiger charge is -2.32. The molecule has 5 heteroatoms. The summed E-state index contributed by atoms with van der Waals surface area (Å²) in [6, 6.07) is 0. The van der Waals surface area contributed by atoms with Crippen LogP contribution >= 0.6 is 0 Å². The Labute approximate surface area is 78.4 Å². The number of carbonyl (C=O) groups is 1. The first-order valence-electron chi connectivity index (χ1n) is 4.72. The van der Waals surface area contributed by atoms with Crippen LogP contribution in [0.1, 0.15) is 26.2 Å². The van der Waals surface area contributed by atoms with Gasteiger partial charge in [-0.1, -0.05) is 6.42 Å². The molecule has 0 atom stereocenters. The van der Waals surface area contributed by atoms with Gasteiger partial charge in [0, 0.05) is 13.1 Å². The summed E-state index contributed by atoms with van der Waals surface area (Å²) in [6.45, 7) is 3.81. The van der Waals surface area contributed by atoms with Gasteiger partial charge in [-0.3, -0.25) is 0 Å². The summed E-state index contributed by atoms with van der Waals surface area (Å²) in [5, 5.41) is 2.91. The van der Waals surface area contributed by atoms with Crippen LogP contribution in [0.3, 0.4) is 0 Å². The van der Waals surface area contributed by atoms with Gasteiger partial charge >= 0.3 is 6.09 Å². The molecule has 1 aliphatic rings. The molecule has 0 aromatic rings. The van der Waals surface area contributed by atoms with E-state index in [0.29, 0.717) is 6.61 Å². The van der Waals surface area contributed by atoms with Gasteiger partial charge in [0.15, 0.2) is 0 Å². The largest absolute Gasteiger partial charge is 0.448 e. The van der Waals surface area contributed by atoms with Crippen LogP contribution in [0.4, 0.5) is 4.79 Å². The Balaban J connectivity index is 2.35. The zero-order valence-corrected chi connectivity index (χ0v) is 8.03. The second-order valence-electron chi connectivity index (χ2n) is 3.06. The molecule has 5 nitrogen and oxygen atoms in total. The quantitative estimate of drug-likeness (QED) is 0.393. The zero-order chi connectivity index (χ0) is 9.68. The van der Waals surface area contributed by atoms with Crippen LogP contribution in [0.2, 0.25) is 0 Å². The Bertz CT molecular complexity index is 169. The molecule has 0 spiro atoms. The van der Waals surface area contributed by atoms with Gasteiger partial charge in [-0.25, -0.2) is 15.6 Å². The van der Waals surface area contributed by atoms with Gasteiger partial charge in [0.1, 0.15) is 0 Å². The molecule has 0 aromatic carbocycles. The van der Waals surface area contributed by atoms with Gasteiger partial charge in [0.2, 0.25) is 0 Å². The molecule has 76 valence electrons. The van der Waals surface area contributed by atoms with Crippen LogP contribution in [0.5, 0.6) is 0 Å². The van der Waals surface area contributed by atoms with Crippen molar-refractivity contribution in [3.63, 3.8) is 0 Å². The van der Waals surface area contributed by atoms with E-state index in [0.717, 1.165) is 31.0 Å². The van der Waals surface area contributed by atoms with E-state index >= 15 is 0 Å². The predicted molar refractivity (Wildman–Crippen MR) is 48.5 cm³/mol. The first-order chi connectivity index (χ1) is 6.25. The molecule has 0 aliphatic carbocycles. The summed E-state index contributed by atoms with van der Waals surface area (Å²) in [7, 11) is 0. The molecule has 13 heavy (non-hydrogen) atoms. The number of rotatable bonds is 2. The minimum Gasteiger partial charge on any atom is -0.448 e. The monoisotopic (exact) mass is 187 g/mol. The maximum absolute atomic E-state index is 11.2. The minimum absolute atomic E-state index is 0.361. The molecule has 0 saturated carbocycles. The van der Waals surface area contributed by atoms with Crippen LogP contribution in [-0.2, 0) is 4.74 Å². The Kier molecular flexibility index (Phi) is 3.98. The summed E-state index contributed by atoms with van der Waals surface area (Å²) >= 11 is 0. The maximum Gasteiger partial charge on any atom is 0.439 e. The van der Waals surface area contributed by atoms with Crippen molar-refractivity contribution < 1.29 is 9.53 Å². The first-order valence-corrected chi connectivity index (χ1v) is 4.72. The van der Waals surface area contributed by atoms with Crippen LogP contribution in [0.15, 0.2) is 0 Å². The van der Waals surface area contributed by atoms with Gasteiger partial charge in [0.05, 0.1) is 6.61 Å². The van der Waals surface area contributed by atoms with Crippen LogP contribution in [0, 0.1) is 0 Å². The summed E-state index contributed by atoms with van der Waals surface area (Å²) in [5.74, 6) is 5.56. The van der Waals surface area contributed by atoms with Crippen LogP contribution < -0.4 is 5.84 Å². The topological polar surface area (TPSA) is 58.8 Å². The fourth-order valence-electron chi connectivity index (χ4n) is 1.40. The molecule has 0 unspecified atom stereocenters. The molecule has 1 heterocycles.